The molecule has 0 aliphatic heterocycles. The van der Waals surface area contributed by atoms with Crippen molar-refractivity contribution in [2.75, 3.05) is 0 Å². The first-order chi connectivity index (χ1) is 15.3. The summed E-state index contributed by atoms with van der Waals surface area (Å²) in [5.41, 5.74) is 1.89. The van der Waals surface area contributed by atoms with Crippen molar-refractivity contribution >= 4 is 21.4 Å². The van der Waals surface area contributed by atoms with Crippen molar-refractivity contribution in [1.29, 1.82) is 0 Å². The van der Waals surface area contributed by atoms with Gasteiger partial charge in [0, 0.05) is 22.5 Å². The number of thiophene rings is 1. The Hall–Kier alpha value is -2.02. The minimum absolute atomic E-state index is 0. The van der Waals surface area contributed by atoms with Crippen molar-refractivity contribution in [3.63, 3.8) is 0 Å². The molecule has 0 bridgehead atoms. The maximum absolute atomic E-state index is 13.7. The van der Waals surface area contributed by atoms with Gasteiger partial charge in [-0.1, -0.05) is 81.3 Å². The van der Waals surface area contributed by atoms with Crippen LogP contribution in [0.2, 0.25) is 0 Å². The minimum Gasteiger partial charge on any atom is -0.672 e. The van der Waals surface area contributed by atoms with E-state index in [0.29, 0.717) is 17.8 Å². The predicted octanol–water partition coefficient (Wildman–Crippen LogP) is 8.29. The summed E-state index contributed by atoms with van der Waals surface area (Å²) in [6.45, 7) is 8.36. The van der Waals surface area contributed by atoms with Gasteiger partial charge in [0.2, 0.25) is 0 Å². The van der Waals surface area contributed by atoms with Crippen LogP contribution in [0.15, 0.2) is 66.2 Å². The van der Waals surface area contributed by atoms with Crippen LogP contribution < -0.4 is 0 Å². The van der Waals surface area contributed by atoms with Gasteiger partial charge in [-0.15, -0.1) is 35.6 Å². The van der Waals surface area contributed by atoms with Gasteiger partial charge >= 0.3 is 20.1 Å². The van der Waals surface area contributed by atoms with Gasteiger partial charge in [-0.05, 0) is 22.5 Å². The van der Waals surface area contributed by atoms with Crippen molar-refractivity contribution in [2.45, 2.75) is 45.9 Å². The number of halogens is 2. The van der Waals surface area contributed by atoms with Gasteiger partial charge in [0.1, 0.15) is 0 Å². The Morgan fingerprint density at radius 3 is 2.21 bits per heavy atom. The van der Waals surface area contributed by atoms with Gasteiger partial charge in [-0.25, -0.2) is 6.17 Å². The second-order valence-electron chi connectivity index (χ2n) is 7.80. The number of fused-ring (bicyclic) bond motifs is 1. The number of benzene rings is 2. The van der Waals surface area contributed by atoms with Gasteiger partial charge in [-0.3, -0.25) is 8.78 Å². The molecule has 0 atom stereocenters. The molecule has 0 amide bonds. The third kappa shape index (κ3) is 7.76. The molecule has 0 unspecified atom stereocenters. The van der Waals surface area contributed by atoms with E-state index in [4.69, 9.17) is 0 Å². The second kappa shape index (κ2) is 13.0. The van der Waals surface area contributed by atoms with Crippen LogP contribution >= 0.6 is 11.3 Å². The smallest absolute Gasteiger partial charge is 0.672 e. The summed E-state index contributed by atoms with van der Waals surface area (Å²) >= 11 is 1.55. The van der Waals surface area contributed by atoms with Crippen LogP contribution in [-0.2, 0) is 20.1 Å². The van der Waals surface area contributed by atoms with Gasteiger partial charge in [0.05, 0.1) is 0 Å². The summed E-state index contributed by atoms with van der Waals surface area (Å²) in [6, 6.07) is 19.2. The fraction of sp³-hybridized carbons (Fsp3) is 0.269. The summed E-state index contributed by atoms with van der Waals surface area (Å²) in [4.78, 5) is 4.15. The molecule has 0 spiro atoms. The molecule has 4 rings (SSSR count). The summed E-state index contributed by atoms with van der Waals surface area (Å²) in [6.07, 6.45) is 1.61. The first kappa shape index (κ1) is 27.2. The summed E-state index contributed by atoms with van der Waals surface area (Å²) in [7, 11) is 0. The quantitative estimate of drug-likeness (QED) is 0.195. The Kier molecular flexibility index (Phi) is 10.7. The van der Waals surface area contributed by atoms with E-state index in [0.717, 1.165) is 22.2 Å². The standard InChI is InChI=1S/C13H6F2NS.C13H20N2.Ir/c14-8-1-2-9(11(15)7-8)13-10-4-6-17-12(10)3-5-16-13;1-10(2)14-13(15-11(3)4)12-8-6-5-7-9-12;/h1,3-7H;5-11,13H,1-4H3;/q-1;-2;+3. The van der Waals surface area contributed by atoms with Gasteiger partial charge in [-0.2, -0.15) is 0 Å². The molecule has 0 aliphatic carbocycles. The summed E-state index contributed by atoms with van der Waals surface area (Å²) in [5.74, 6) is -1.28. The fourth-order valence-corrected chi connectivity index (χ4v) is 3.90. The van der Waals surface area contributed by atoms with Crippen molar-refractivity contribution in [3.05, 3.63) is 100 Å². The number of nitrogens with zero attached hydrogens (tertiary/aromatic N) is 3. The Bertz CT molecular complexity index is 1120. The van der Waals surface area contributed by atoms with E-state index in [-0.39, 0.29) is 31.8 Å². The molecule has 2 aromatic carbocycles. The van der Waals surface area contributed by atoms with Crippen LogP contribution in [0.3, 0.4) is 0 Å². The SMILES string of the molecule is CC(C)[N-]C([N-]C(C)C)c1ccccc1.Fc1c[c-]c(-c2nccc3sccc23)c(F)c1.[Ir+3]. The van der Waals surface area contributed by atoms with E-state index in [1.54, 1.807) is 17.5 Å². The normalized spacial score (nSPS) is 10.9. The molecule has 0 fully saturated rings. The number of hydrogen-bond donors (Lipinski definition) is 0. The number of aromatic nitrogens is 1. The third-order valence-corrected chi connectivity index (χ3v) is 5.33. The van der Waals surface area contributed by atoms with E-state index in [1.165, 1.54) is 5.56 Å². The molecule has 4 aromatic rings. The number of pyridine rings is 1. The molecule has 0 aliphatic rings. The third-order valence-electron chi connectivity index (χ3n) is 4.45. The van der Waals surface area contributed by atoms with E-state index in [9.17, 15) is 8.78 Å². The van der Waals surface area contributed by atoms with Crippen LogP contribution in [0.25, 0.3) is 32.0 Å². The molecule has 0 saturated carbocycles. The molecule has 2 aromatic heterocycles. The predicted molar refractivity (Wildman–Crippen MR) is 130 cm³/mol. The molecular weight excluding hydrogens is 617 g/mol. The first-order valence-electron chi connectivity index (χ1n) is 10.5. The van der Waals surface area contributed by atoms with Crippen LogP contribution in [0.4, 0.5) is 8.78 Å². The van der Waals surface area contributed by atoms with Crippen LogP contribution in [0.1, 0.15) is 39.4 Å². The Balaban J connectivity index is 0.000000229. The average Bonchev–Trinajstić information content (AvgIpc) is 3.23. The van der Waals surface area contributed by atoms with Gasteiger partial charge in [0.25, 0.3) is 0 Å². The molecule has 7 heteroatoms. The monoisotopic (exact) mass is 643 g/mol. The molecule has 0 N–H and O–H groups in total. The molecular formula is C26H26F2IrN3S. The molecule has 3 nitrogen and oxygen atoms in total. The maximum atomic E-state index is 13.7. The van der Waals surface area contributed by atoms with E-state index in [1.807, 2.05) is 35.7 Å². The largest absolute Gasteiger partial charge is 3.00 e. The minimum atomic E-state index is -0.642. The zero-order chi connectivity index (χ0) is 23.1. The fourth-order valence-electron chi connectivity index (χ4n) is 3.12. The molecule has 33 heavy (non-hydrogen) atoms. The molecule has 2 heterocycles. The van der Waals surface area contributed by atoms with Crippen molar-refractivity contribution in [2.24, 2.45) is 0 Å². The number of rotatable bonds is 6. The Morgan fingerprint density at radius 1 is 0.939 bits per heavy atom. The van der Waals surface area contributed by atoms with E-state index < -0.39 is 11.6 Å². The average molecular weight is 643 g/mol. The first-order valence-corrected chi connectivity index (χ1v) is 11.4. The van der Waals surface area contributed by atoms with Crippen LogP contribution in [0.5, 0.6) is 0 Å². The Morgan fingerprint density at radius 2 is 1.61 bits per heavy atom. The zero-order valence-electron chi connectivity index (χ0n) is 18.9. The van der Waals surface area contributed by atoms with E-state index in [2.05, 4.69) is 61.5 Å². The second-order valence-corrected chi connectivity index (χ2v) is 8.75. The van der Waals surface area contributed by atoms with Crippen LogP contribution in [-0.4, -0.2) is 17.1 Å². The maximum Gasteiger partial charge on any atom is 3.00 e. The zero-order valence-corrected chi connectivity index (χ0v) is 22.1. The van der Waals surface area contributed by atoms with Crippen molar-refractivity contribution < 1.29 is 28.9 Å². The van der Waals surface area contributed by atoms with Crippen molar-refractivity contribution in [3.8, 4) is 11.3 Å². The topological polar surface area (TPSA) is 41.1 Å². The van der Waals surface area contributed by atoms with Gasteiger partial charge in [0.15, 0.2) is 0 Å². The summed E-state index contributed by atoms with van der Waals surface area (Å²) < 4.78 is 27.5. The Labute approximate surface area is 212 Å². The summed E-state index contributed by atoms with van der Waals surface area (Å²) in [5, 5.41) is 12.0. The van der Waals surface area contributed by atoms with Crippen LogP contribution in [0, 0.1) is 17.7 Å². The molecule has 0 saturated heterocycles. The molecule has 0 radical (unpaired) electrons. The van der Waals surface area contributed by atoms with E-state index >= 15 is 0 Å². The van der Waals surface area contributed by atoms with Gasteiger partial charge < -0.3 is 15.6 Å². The molecule has 174 valence electrons. The number of hydrogen-bond acceptors (Lipinski definition) is 2. The van der Waals surface area contributed by atoms with Crippen molar-refractivity contribution in [1.82, 2.24) is 4.98 Å².